The molecule has 0 amide bonds. The van der Waals surface area contributed by atoms with Crippen molar-refractivity contribution in [3.63, 3.8) is 0 Å². The van der Waals surface area contributed by atoms with Gasteiger partial charge in [0.05, 0.1) is 12.4 Å². The van der Waals surface area contributed by atoms with Crippen LogP contribution in [-0.2, 0) is 0 Å². The molecule has 5 heteroatoms. The van der Waals surface area contributed by atoms with Gasteiger partial charge in [0.15, 0.2) is 5.75 Å². The first-order chi connectivity index (χ1) is 8.79. The van der Waals surface area contributed by atoms with Crippen LogP contribution in [0.15, 0.2) is 36.7 Å². The molecule has 0 aliphatic carbocycles. The molecule has 18 heavy (non-hydrogen) atoms. The Bertz CT molecular complexity index is 499. The summed E-state index contributed by atoms with van der Waals surface area (Å²) in [5, 5.41) is 2.99. The summed E-state index contributed by atoms with van der Waals surface area (Å²) in [6.07, 6.45) is 3.27. The molecule has 94 valence electrons. The minimum absolute atomic E-state index is 0.546. The Balaban J connectivity index is 2.04. The van der Waals surface area contributed by atoms with Crippen LogP contribution in [0.4, 0.5) is 5.95 Å². The van der Waals surface area contributed by atoms with Gasteiger partial charge in [-0.15, -0.1) is 0 Å². The fourth-order valence-electron chi connectivity index (χ4n) is 1.44. The largest absolute Gasteiger partial charge is 0.454 e. The topological polar surface area (TPSA) is 73.1 Å². The number of ether oxygens (including phenoxy) is 1. The van der Waals surface area contributed by atoms with E-state index in [-0.39, 0.29) is 0 Å². The van der Waals surface area contributed by atoms with E-state index in [4.69, 9.17) is 10.5 Å². The van der Waals surface area contributed by atoms with Gasteiger partial charge in [0.1, 0.15) is 5.75 Å². The summed E-state index contributed by atoms with van der Waals surface area (Å²) in [7, 11) is 0. The molecular weight excluding hydrogens is 228 g/mol. The van der Waals surface area contributed by atoms with E-state index in [0.29, 0.717) is 24.8 Å². The van der Waals surface area contributed by atoms with Gasteiger partial charge in [-0.1, -0.05) is 18.2 Å². The maximum atomic E-state index is 5.69. The normalized spacial score (nSPS) is 10.1. The number of para-hydroxylation sites is 1. The molecule has 0 atom stereocenters. The van der Waals surface area contributed by atoms with Gasteiger partial charge in [0, 0.05) is 13.1 Å². The molecule has 0 radical (unpaired) electrons. The molecule has 5 nitrogen and oxygen atoms in total. The maximum absolute atomic E-state index is 5.69. The number of anilines is 1. The second-order valence-electron chi connectivity index (χ2n) is 3.83. The van der Waals surface area contributed by atoms with E-state index in [2.05, 4.69) is 15.3 Å². The van der Waals surface area contributed by atoms with Crippen molar-refractivity contribution in [2.45, 2.75) is 6.92 Å². The van der Waals surface area contributed by atoms with Crippen molar-refractivity contribution >= 4 is 5.95 Å². The number of hydrogen-bond donors (Lipinski definition) is 2. The number of nitrogens with zero attached hydrogens (tertiary/aromatic N) is 2. The molecule has 0 aliphatic heterocycles. The summed E-state index contributed by atoms with van der Waals surface area (Å²) in [5.41, 5.74) is 6.45. The minimum Gasteiger partial charge on any atom is -0.454 e. The lowest BCUT2D eigenvalue weighted by Crippen LogP contribution is -2.14. The van der Waals surface area contributed by atoms with Gasteiger partial charge in [-0.3, -0.25) is 0 Å². The van der Waals surface area contributed by atoms with Crippen LogP contribution in [0.1, 0.15) is 5.56 Å². The van der Waals surface area contributed by atoms with E-state index >= 15 is 0 Å². The molecule has 0 saturated carbocycles. The fraction of sp³-hybridized carbons (Fsp3) is 0.231. The highest BCUT2D eigenvalue weighted by atomic mass is 16.5. The third-order valence-electron chi connectivity index (χ3n) is 2.38. The zero-order valence-corrected chi connectivity index (χ0v) is 10.3. The third kappa shape index (κ3) is 3.18. The van der Waals surface area contributed by atoms with Gasteiger partial charge in [0.25, 0.3) is 0 Å². The summed E-state index contributed by atoms with van der Waals surface area (Å²) < 4.78 is 5.69. The summed E-state index contributed by atoms with van der Waals surface area (Å²) in [6, 6.07) is 7.81. The SMILES string of the molecule is Cc1ccccc1Oc1cnc(NCCN)nc1. The van der Waals surface area contributed by atoms with Crippen LogP contribution < -0.4 is 15.8 Å². The molecular formula is C13H16N4O. The molecule has 0 aliphatic rings. The van der Waals surface area contributed by atoms with Crippen LogP contribution >= 0.6 is 0 Å². The highest BCUT2D eigenvalue weighted by Crippen LogP contribution is 2.23. The van der Waals surface area contributed by atoms with Crippen LogP contribution in [0.5, 0.6) is 11.5 Å². The van der Waals surface area contributed by atoms with Crippen LogP contribution in [0.3, 0.4) is 0 Å². The van der Waals surface area contributed by atoms with Gasteiger partial charge in [-0.05, 0) is 18.6 Å². The summed E-state index contributed by atoms with van der Waals surface area (Å²) in [4.78, 5) is 8.28. The van der Waals surface area contributed by atoms with Crippen molar-refractivity contribution in [3.8, 4) is 11.5 Å². The standard InChI is InChI=1S/C13H16N4O/c1-10-4-2-3-5-12(10)18-11-8-16-13(17-9-11)15-7-6-14/h2-5,8-9H,6-7,14H2,1H3,(H,15,16,17). The average Bonchev–Trinajstić information content (AvgIpc) is 2.41. The monoisotopic (exact) mass is 244 g/mol. The van der Waals surface area contributed by atoms with E-state index in [1.807, 2.05) is 31.2 Å². The minimum atomic E-state index is 0.546. The van der Waals surface area contributed by atoms with Gasteiger partial charge in [0.2, 0.25) is 5.95 Å². The van der Waals surface area contributed by atoms with Crippen LogP contribution in [-0.4, -0.2) is 23.1 Å². The highest BCUT2D eigenvalue weighted by Gasteiger charge is 2.01. The first-order valence-corrected chi connectivity index (χ1v) is 5.79. The van der Waals surface area contributed by atoms with Crippen molar-refractivity contribution in [2.75, 3.05) is 18.4 Å². The summed E-state index contributed by atoms with van der Waals surface area (Å²) >= 11 is 0. The van der Waals surface area contributed by atoms with Gasteiger partial charge in [-0.25, -0.2) is 9.97 Å². The van der Waals surface area contributed by atoms with E-state index in [9.17, 15) is 0 Å². The van der Waals surface area contributed by atoms with Crippen LogP contribution in [0.25, 0.3) is 0 Å². The first kappa shape index (κ1) is 12.3. The number of aryl methyl sites for hydroxylation is 1. The molecule has 1 aromatic carbocycles. The molecule has 1 heterocycles. The highest BCUT2D eigenvalue weighted by molar-refractivity contribution is 5.36. The van der Waals surface area contributed by atoms with Crippen molar-refractivity contribution in [2.24, 2.45) is 5.73 Å². The Morgan fingerprint density at radius 2 is 1.94 bits per heavy atom. The van der Waals surface area contributed by atoms with Crippen molar-refractivity contribution < 1.29 is 4.74 Å². The number of nitrogens with one attached hydrogen (secondary N) is 1. The smallest absolute Gasteiger partial charge is 0.222 e. The molecule has 2 aromatic rings. The predicted molar refractivity (Wildman–Crippen MR) is 70.8 cm³/mol. The van der Waals surface area contributed by atoms with Crippen LogP contribution in [0, 0.1) is 6.92 Å². The third-order valence-corrected chi connectivity index (χ3v) is 2.38. The molecule has 0 spiro atoms. The van der Waals surface area contributed by atoms with Gasteiger partial charge >= 0.3 is 0 Å². The van der Waals surface area contributed by atoms with Crippen molar-refractivity contribution in [1.29, 1.82) is 0 Å². The molecule has 2 rings (SSSR count). The average molecular weight is 244 g/mol. The second-order valence-corrected chi connectivity index (χ2v) is 3.83. The molecule has 3 N–H and O–H groups in total. The van der Waals surface area contributed by atoms with Gasteiger partial charge in [-0.2, -0.15) is 0 Å². The molecule has 0 fully saturated rings. The van der Waals surface area contributed by atoms with E-state index in [0.717, 1.165) is 11.3 Å². The Morgan fingerprint density at radius 1 is 1.22 bits per heavy atom. The van der Waals surface area contributed by atoms with Crippen LogP contribution in [0.2, 0.25) is 0 Å². The predicted octanol–water partition coefficient (Wildman–Crippen LogP) is 1.95. The lowest BCUT2D eigenvalue weighted by Gasteiger charge is -2.08. The first-order valence-electron chi connectivity index (χ1n) is 5.79. The Labute approximate surface area is 106 Å². The van der Waals surface area contributed by atoms with Crippen molar-refractivity contribution in [3.05, 3.63) is 42.2 Å². The lowest BCUT2D eigenvalue weighted by molar-refractivity contribution is 0.474. The lowest BCUT2D eigenvalue weighted by atomic mass is 10.2. The zero-order valence-electron chi connectivity index (χ0n) is 10.3. The molecule has 0 unspecified atom stereocenters. The van der Waals surface area contributed by atoms with E-state index < -0.39 is 0 Å². The Morgan fingerprint density at radius 3 is 2.61 bits per heavy atom. The number of hydrogen-bond acceptors (Lipinski definition) is 5. The molecule has 0 saturated heterocycles. The number of benzene rings is 1. The zero-order chi connectivity index (χ0) is 12.8. The van der Waals surface area contributed by atoms with Crippen molar-refractivity contribution in [1.82, 2.24) is 9.97 Å². The molecule has 0 bridgehead atoms. The maximum Gasteiger partial charge on any atom is 0.222 e. The van der Waals surface area contributed by atoms with E-state index in [1.165, 1.54) is 0 Å². The summed E-state index contributed by atoms with van der Waals surface area (Å²) in [6.45, 7) is 3.19. The number of aromatic nitrogens is 2. The number of rotatable bonds is 5. The molecule has 1 aromatic heterocycles. The van der Waals surface area contributed by atoms with Gasteiger partial charge < -0.3 is 15.8 Å². The quantitative estimate of drug-likeness (QED) is 0.841. The Kier molecular flexibility index (Phi) is 4.09. The summed E-state index contributed by atoms with van der Waals surface area (Å²) in [5.74, 6) is 1.98. The fourth-order valence-corrected chi connectivity index (χ4v) is 1.44. The van der Waals surface area contributed by atoms with E-state index in [1.54, 1.807) is 12.4 Å². The second kappa shape index (κ2) is 5.97. The number of nitrogens with two attached hydrogens (primary N) is 1. The Hall–Kier alpha value is -2.14.